The Balaban J connectivity index is 2.24. The van der Waals surface area contributed by atoms with Crippen LogP contribution in [0.1, 0.15) is 15.9 Å². The number of carbonyl (C=O) groups excluding carboxylic acids is 2. The molecule has 2 amide bonds. The van der Waals surface area contributed by atoms with Crippen LogP contribution in [-0.4, -0.2) is 30.8 Å². The highest BCUT2D eigenvalue weighted by Crippen LogP contribution is 2.15. The monoisotopic (exact) mass is 369 g/mol. The molecule has 27 heavy (non-hydrogen) atoms. The third-order valence-corrected chi connectivity index (χ3v) is 3.68. The van der Waals surface area contributed by atoms with Crippen LogP contribution in [-0.2, 0) is 4.79 Å². The first-order valence-corrected chi connectivity index (χ1v) is 7.87. The molecule has 2 aromatic rings. The van der Waals surface area contributed by atoms with Crippen LogP contribution >= 0.6 is 0 Å². The van der Waals surface area contributed by atoms with E-state index in [1.165, 1.54) is 30.3 Å². The van der Waals surface area contributed by atoms with Crippen molar-refractivity contribution >= 4 is 29.3 Å². The SMILES string of the molecule is CN(C)c1ccc(/C=C(/NC(=O)c2ccc([N+](=O)[O-])cc2)C(=O)NN)cc1. The topological polar surface area (TPSA) is 131 Å². The van der Waals surface area contributed by atoms with Gasteiger partial charge in [0.15, 0.2) is 0 Å². The van der Waals surface area contributed by atoms with Crippen LogP contribution < -0.4 is 21.5 Å². The highest BCUT2D eigenvalue weighted by Gasteiger charge is 2.15. The van der Waals surface area contributed by atoms with Crippen LogP contribution in [0.5, 0.6) is 0 Å². The number of hydrazine groups is 1. The molecule has 0 radical (unpaired) electrons. The minimum absolute atomic E-state index is 0.0570. The molecular formula is C18H19N5O4. The van der Waals surface area contributed by atoms with Gasteiger partial charge in [0, 0.05) is 37.5 Å². The van der Waals surface area contributed by atoms with Crippen LogP contribution in [0.4, 0.5) is 11.4 Å². The van der Waals surface area contributed by atoms with E-state index in [1.54, 1.807) is 12.1 Å². The van der Waals surface area contributed by atoms with Gasteiger partial charge in [-0.2, -0.15) is 0 Å². The number of hydrogen-bond donors (Lipinski definition) is 3. The number of amides is 2. The summed E-state index contributed by atoms with van der Waals surface area (Å²) in [5.74, 6) is 3.91. The van der Waals surface area contributed by atoms with Gasteiger partial charge in [0.05, 0.1) is 4.92 Å². The van der Waals surface area contributed by atoms with Crippen LogP contribution in [0.2, 0.25) is 0 Å². The quantitative estimate of drug-likeness (QED) is 0.232. The number of rotatable bonds is 6. The van der Waals surface area contributed by atoms with Crippen LogP contribution in [0, 0.1) is 10.1 Å². The molecule has 0 atom stereocenters. The van der Waals surface area contributed by atoms with E-state index in [0.717, 1.165) is 5.69 Å². The molecule has 0 saturated heterocycles. The second-order valence-corrected chi connectivity index (χ2v) is 5.78. The number of carbonyl (C=O) groups is 2. The van der Waals surface area contributed by atoms with Crippen LogP contribution in [0.3, 0.4) is 0 Å². The minimum Gasteiger partial charge on any atom is -0.378 e. The summed E-state index contributed by atoms with van der Waals surface area (Å²) in [6, 6.07) is 12.3. The van der Waals surface area contributed by atoms with E-state index in [0.29, 0.717) is 5.56 Å². The fraction of sp³-hybridized carbons (Fsp3) is 0.111. The number of benzene rings is 2. The van der Waals surface area contributed by atoms with E-state index in [-0.39, 0.29) is 16.9 Å². The lowest BCUT2D eigenvalue weighted by Gasteiger charge is -2.12. The predicted molar refractivity (Wildman–Crippen MR) is 102 cm³/mol. The number of nitrogens with two attached hydrogens (primary N) is 1. The summed E-state index contributed by atoms with van der Waals surface area (Å²) >= 11 is 0. The molecule has 9 nitrogen and oxygen atoms in total. The second-order valence-electron chi connectivity index (χ2n) is 5.78. The van der Waals surface area contributed by atoms with E-state index in [1.807, 2.05) is 36.6 Å². The summed E-state index contributed by atoms with van der Waals surface area (Å²) in [4.78, 5) is 36.4. The minimum atomic E-state index is -0.679. The zero-order valence-corrected chi connectivity index (χ0v) is 14.8. The maximum atomic E-state index is 12.3. The first-order chi connectivity index (χ1) is 12.8. The lowest BCUT2D eigenvalue weighted by Crippen LogP contribution is -2.38. The number of non-ortho nitro benzene ring substituents is 1. The molecule has 0 unspecified atom stereocenters. The third-order valence-electron chi connectivity index (χ3n) is 3.68. The van der Waals surface area contributed by atoms with Gasteiger partial charge in [-0.1, -0.05) is 12.1 Å². The Bertz CT molecular complexity index is 874. The summed E-state index contributed by atoms with van der Waals surface area (Å²) in [5.41, 5.74) is 3.61. The molecule has 0 heterocycles. The van der Waals surface area contributed by atoms with Crippen molar-refractivity contribution in [3.05, 3.63) is 75.5 Å². The summed E-state index contributed by atoms with van der Waals surface area (Å²) in [5, 5.41) is 13.2. The Morgan fingerprint density at radius 3 is 2.15 bits per heavy atom. The Hall–Kier alpha value is -3.72. The second kappa shape index (κ2) is 8.59. The van der Waals surface area contributed by atoms with Crippen molar-refractivity contribution < 1.29 is 14.5 Å². The van der Waals surface area contributed by atoms with Crippen molar-refractivity contribution in [2.75, 3.05) is 19.0 Å². The zero-order valence-electron chi connectivity index (χ0n) is 14.8. The van der Waals surface area contributed by atoms with Crippen LogP contribution in [0.25, 0.3) is 6.08 Å². The smallest absolute Gasteiger partial charge is 0.281 e. The lowest BCUT2D eigenvalue weighted by atomic mass is 10.1. The number of nitro benzene ring substituents is 1. The molecule has 0 spiro atoms. The standard InChI is InChI=1S/C18H19N5O4/c1-22(2)14-7-3-12(4-8-14)11-16(18(25)21-19)20-17(24)13-5-9-15(10-6-13)23(26)27/h3-11H,19H2,1-2H3,(H,20,24)(H,21,25)/b16-11+. The first kappa shape index (κ1) is 19.6. The van der Waals surface area contributed by atoms with Gasteiger partial charge in [-0.05, 0) is 35.9 Å². The molecule has 140 valence electrons. The maximum Gasteiger partial charge on any atom is 0.281 e. The van der Waals surface area contributed by atoms with Crippen molar-refractivity contribution in [2.24, 2.45) is 5.84 Å². The highest BCUT2D eigenvalue weighted by molar-refractivity contribution is 6.05. The van der Waals surface area contributed by atoms with Crippen molar-refractivity contribution in [3.8, 4) is 0 Å². The van der Waals surface area contributed by atoms with Crippen molar-refractivity contribution in [2.45, 2.75) is 0 Å². The van der Waals surface area contributed by atoms with Gasteiger partial charge < -0.3 is 10.2 Å². The number of nitrogens with zero attached hydrogens (tertiary/aromatic N) is 2. The Morgan fingerprint density at radius 2 is 1.67 bits per heavy atom. The van der Waals surface area contributed by atoms with Crippen molar-refractivity contribution in [1.82, 2.24) is 10.7 Å². The van der Waals surface area contributed by atoms with Gasteiger partial charge >= 0.3 is 0 Å². The van der Waals surface area contributed by atoms with E-state index in [2.05, 4.69) is 5.32 Å². The van der Waals surface area contributed by atoms with Gasteiger partial charge in [0.25, 0.3) is 17.5 Å². The van der Waals surface area contributed by atoms with Gasteiger partial charge in [-0.15, -0.1) is 0 Å². The first-order valence-electron chi connectivity index (χ1n) is 7.87. The zero-order chi connectivity index (χ0) is 20.0. The molecule has 0 saturated carbocycles. The Labute approximate surface area is 155 Å². The highest BCUT2D eigenvalue weighted by atomic mass is 16.6. The largest absolute Gasteiger partial charge is 0.378 e. The van der Waals surface area contributed by atoms with Gasteiger partial charge in [-0.3, -0.25) is 25.1 Å². The summed E-state index contributed by atoms with van der Waals surface area (Å²) in [6.45, 7) is 0. The Morgan fingerprint density at radius 1 is 1.07 bits per heavy atom. The number of nitrogens with one attached hydrogen (secondary N) is 2. The molecule has 4 N–H and O–H groups in total. The molecule has 0 aliphatic carbocycles. The van der Waals surface area contributed by atoms with Crippen molar-refractivity contribution in [3.63, 3.8) is 0 Å². The summed E-state index contributed by atoms with van der Waals surface area (Å²) in [6.07, 6.45) is 1.48. The van der Waals surface area contributed by atoms with E-state index >= 15 is 0 Å². The fourth-order valence-electron chi connectivity index (χ4n) is 2.20. The molecule has 0 aromatic heterocycles. The normalized spacial score (nSPS) is 10.9. The van der Waals surface area contributed by atoms with E-state index in [4.69, 9.17) is 5.84 Å². The average molecular weight is 369 g/mol. The van der Waals surface area contributed by atoms with E-state index < -0.39 is 16.7 Å². The number of anilines is 1. The predicted octanol–water partition coefficient (Wildman–Crippen LogP) is 1.42. The molecule has 0 bridgehead atoms. The average Bonchev–Trinajstić information content (AvgIpc) is 2.67. The molecule has 0 aliphatic rings. The van der Waals surface area contributed by atoms with Gasteiger partial charge in [-0.25, -0.2) is 5.84 Å². The third kappa shape index (κ3) is 5.13. The van der Waals surface area contributed by atoms with Gasteiger partial charge in [0.2, 0.25) is 0 Å². The van der Waals surface area contributed by atoms with Gasteiger partial charge in [0.1, 0.15) is 5.70 Å². The summed E-state index contributed by atoms with van der Waals surface area (Å²) in [7, 11) is 3.81. The van der Waals surface area contributed by atoms with E-state index in [9.17, 15) is 19.7 Å². The molecular weight excluding hydrogens is 350 g/mol. The summed E-state index contributed by atoms with van der Waals surface area (Å²) < 4.78 is 0. The molecule has 2 rings (SSSR count). The molecule has 0 fully saturated rings. The molecule has 9 heteroatoms. The maximum absolute atomic E-state index is 12.3. The number of nitro groups is 1. The van der Waals surface area contributed by atoms with Crippen LogP contribution in [0.15, 0.2) is 54.2 Å². The fourth-order valence-corrected chi connectivity index (χ4v) is 2.20. The Kier molecular flexibility index (Phi) is 6.23. The molecule has 0 aliphatic heterocycles. The molecule has 2 aromatic carbocycles. The van der Waals surface area contributed by atoms with Crippen molar-refractivity contribution in [1.29, 1.82) is 0 Å². The number of hydrogen-bond acceptors (Lipinski definition) is 6. The lowest BCUT2D eigenvalue weighted by molar-refractivity contribution is -0.384.